The van der Waals surface area contributed by atoms with E-state index in [2.05, 4.69) is 38.2 Å². The summed E-state index contributed by atoms with van der Waals surface area (Å²) in [5, 5.41) is 4.65. The van der Waals surface area contributed by atoms with Crippen LogP contribution in [-0.4, -0.2) is 18.1 Å². The molecule has 1 aromatic heterocycles. The molecule has 0 saturated heterocycles. The van der Waals surface area contributed by atoms with Crippen molar-refractivity contribution in [3.05, 3.63) is 34.8 Å². The average Bonchev–Trinajstić information content (AvgIpc) is 2.95. The number of benzene rings is 1. The first-order valence-corrected chi connectivity index (χ1v) is 8.35. The highest BCUT2D eigenvalue weighted by Gasteiger charge is 2.12. The van der Waals surface area contributed by atoms with Crippen molar-refractivity contribution >= 4 is 11.3 Å². The van der Waals surface area contributed by atoms with Gasteiger partial charge in [0.05, 0.1) is 12.8 Å². The van der Waals surface area contributed by atoms with Gasteiger partial charge in [-0.2, -0.15) is 0 Å². The number of aromatic nitrogens is 1. The molecule has 0 amide bonds. The van der Waals surface area contributed by atoms with E-state index in [1.807, 2.05) is 12.1 Å². The van der Waals surface area contributed by atoms with E-state index in [0.717, 1.165) is 35.7 Å². The Balaban J connectivity index is 2.18. The summed E-state index contributed by atoms with van der Waals surface area (Å²) < 4.78 is 5.21. The summed E-state index contributed by atoms with van der Waals surface area (Å²) in [6, 6.07) is 8.66. The Kier molecular flexibility index (Phi) is 5.76. The molecule has 0 spiro atoms. The predicted octanol–water partition coefficient (Wildman–Crippen LogP) is 4.27. The molecular weight excluding hydrogens is 280 g/mol. The minimum Gasteiger partial charge on any atom is -0.497 e. The number of rotatable bonds is 7. The zero-order chi connectivity index (χ0) is 15.2. The van der Waals surface area contributed by atoms with Crippen LogP contribution in [0.4, 0.5) is 0 Å². The summed E-state index contributed by atoms with van der Waals surface area (Å²) in [7, 11) is 1.69. The van der Waals surface area contributed by atoms with Gasteiger partial charge in [-0.05, 0) is 44.0 Å². The maximum Gasteiger partial charge on any atom is 0.123 e. The zero-order valence-corrected chi connectivity index (χ0v) is 14.1. The molecule has 2 aromatic rings. The zero-order valence-electron chi connectivity index (χ0n) is 13.3. The topological polar surface area (TPSA) is 34.1 Å². The molecule has 0 bridgehead atoms. The Hall–Kier alpha value is -1.39. The van der Waals surface area contributed by atoms with Crippen molar-refractivity contribution in [3.63, 3.8) is 0 Å². The average molecular weight is 304 g/mol. The minimum absolute atomic E-state index is 0.543. The molecule has 21 heavy (non-hydrogen) atoms. The molecule has 1 aromatic carbocycles. The van der Waals surface area contributed by atoms with Crippen molar-refractivity contribution in [1.82, 2.24) is 10.3 Å². The van der Waals surface area contributed by atoms with Crippen molar-refractivity contribution in [2.45, 2.75) is 46.2 Å². The highest BCUT2D eigenvalue weighted by atomic mass is 32.1. The first-order valence-electron chi connectivity index (χ1n) is 7.54. The molecule has 0 saturated carbocycles. The molecule has 4 heteroatoms. The standard InChI is InChI=1S/C17H24N2OS/c1-5-12(3)18-11-16-15(6-2)19-17(21-16)13-7-9-14(20-4)10-8-13/h7-10,12,18H,5-6,11H2,1-4H3. The van der Waals surface area contributed by atoms with Crippen molar-refractivity contribution in [3.8, 4) is 16.3 Å². The molecule has 3 nitrogen and oxygen atoms in total. The normalized spacial score (nSPS) is 12.4. The molecule has 1 heterocycles. The van der Waals surface area contributed by atoms with E-state index < -0.39 is 0 Å². The van der Waals surface area contributed by atoms with Crippen molar-refractivity contribution < 1.29 is 4.74 Å². The van der Waals surface area contributed by atoms with Crippen LogP contribution in [0.15, 0.2) is 24.3 Å². The van der Waals surface area contributed by atoms with Crippen LogP contribution in [0.25, 0.3) is 10.6 Å². The molecule has 0 aliphatic heterocycles. The number of aryl methyl sites for hydroxylation is 1. The summed E-state index contributed by atoms with van der Waals surface area (Å²) in [6.45, 7) is 7.50. The highest BCUT2D eigenvalue weighted by Crippen LogP contribution is 2.29. The molecule has 0 radical (unpaired) electrons. The number of nitrogens with zero attached hydrogens (tertiary/aromatic N) is 1. The first-order chi connectivity index (χ1) is 10.2. The van der Waals surface area contributed by atoms with E-state index in [1.54, 1.807) is 18.4 Å². The van der Waals surface area contributed by atoms with Crippen LogP contribution >= 0.6 is 11.3 Å². The second-order valence-corrected chi connectivity index (χ2v) is 6.24. The van der Waals surface area contributed by atoms with Crippen LogP contribution in [0.5, 0.6) is 5.75 Å². The van der Waals surface area contributed by atoms with Gasteiger partial charge in [-0.1, -0.05) is 13.8 Å². The second-order valence-electron chi connectivity index (χ2n) is 5.16. The second kappa shape index (κ2) is 7.57. The Morgan fingerprint density at radius 3 is 2.52 bits per heavy atom. The van der Waals surface area contributed by atoms with Gasteiger partial charge in [-0.25, -0.2) is 4.98 Å². The lowest BCUT2D eigenvalue weighted by molar-refractivity contribution is 0.415. The molecule has 0 aliphatic carbocycles. The van der Waals surface area contributed by atoms with Crippen LogP contribution in [0.1, 0.15) is 37.8 Å². The van der Waals surface area contributed by atoms with E-state index >= 15 is 0 Å². The van der Waals surface area contributed by atoms with Crippen LogP contribution in [-0.2, 0) is 13.0 Å². The number of nitrogens with one attached hydrogen (secondary N) is 1. The van der Waals surface area contributed by atoms with Gasteiger partial charge in [0.2, 0.25) is 0 Å². The molecule has 114 valence electrons. The van der Waals surface area contributed by atoms with Gasteiger partial charge in [-0.15, -0.1) is 11.3 Å². The fraction of sp³-hybridized carbons (Fsp3) is 0.471. The fourth-order valence-electron chi connectivity index (χ4n) is 2.07. The highest BCUT2D eigenvalue weighted by molar-refractivity contribution is 7.15. The SMILES string of the molecule is CCc1nc(-c2ccc(OC)cc2)sc1CNC(C)CC. The summed E-state index contributed by atoms with van der Waals surface area (Å²) in [5.74, 6) is 0.879. The van der Waals surface area contributed by atoms with Gasteiger partial charge < -0.3 is 10.1 Å². The Bertz CT molecular complexity index is 563. The van der Waals surface area contributed by atoms with Crippen LogP contribution in [0, 0.1) is 0 Å². The summed E-state index contributed by atoms with van der Waals surface area (Å²) in [5.41, 5.74) is 2.37. The number of methoxy groups -OCH3 is 1. The molecule has 0 aliphatic rings. The van der Waals surface area contributed by atoms with E-state index in [-0.39, 0.29) is 0 Å². The Labute approximate surface area is 131 Å². The summed E-state index contributed by atoms with van der Waals surface area (Å²) in [6.07, 6.45) is 2.12. The lowest BCUT2D eigenvalue weighted by Crippen LogP contribution is -2.24. The third-order valence-corrected chi connectivity index (χ3v) is 4.82. The fourth-order valence-corrected chi connectivity index (χ4v) is 3.17. The third kappa shape index (κ3) is 4.05. The quantitative estimate of drug-likeness (QED) is 0.829. The number of hydrogen-bond donors (Lipinski definition) is 1. The Morgan fingerprint density at radius 2 is 1.95 bits per heavy atom. The molecule has 2 rings (SSSR count). The monoisotopic (exact) mass is 304 g/mol. The predicted molar refractivity (Wildman–Crippen MR) is 90.1 cm³/mol. The van der Waals surface area contributed by atoms with Gasteiger partial charge >= 0.3 is 0 Å². The van der Waals surface area contributed by atoms with E-state index in [9.17, 15) is 0 Å². The minimum atomic E-state index is 0.543. The van der Waals surface area contributed by atoms with Crippen molar-refractivity contribution in [2.75, 3.05) is 7.11 Å². The number of thiazole rings is 1. The summed E-state index contributed by atoms with van der Waals surface area (Å²) >= 11 is 1.79. The molecule has 1 N–H and O–H groups in total. The van der Waals surface area contributed by atoms with Crippen LogP contribution < -0.4 is 10.1 Å². The summed E-state index contributed by atoms with van der Waals surface area (Å²) in [4.78, 5) is 6.15. The van der Waals surface area contributed by atoms with Crippen LogP contribution in [0.2, 0.25) is 0 Å². The third-order valence-electron chi connectivity index (χ3n) is 3.67. The molecule has 1 unspecified atom stereocenters. The largest absolute Gasteiger partial charge is 0.497 e. The number of hydrogen-bond acceptors (Lipinski definition) is 4. The van der Waals surface area contributed by atoms with Crippen molar-refractivity contribution in [2.24, 2.45) is 0 Å². The first kappa shape index (κ1) is 16.0. The van der Waals surface area contributed by atoms with Crippen LogP contribution in [0.3, 0.4) is 0 Å². The maximum absolute atomic E-state index is 5.21. The van der Waals surface area contributed by atoms with E-state index in [1.165, 1.54) is 10.6 Å². The van der Waals surface area contributed by atoms with Crippen molar-refractivity contribution in [1.29, 1.82) is 0 Å². The lowest BCUT2D eigenvalue weighted by Gasteiger charge is -2.10. The number of ether oxygens (including phenoxy) is 1. The smallest absolute Gasteiger partial charge is 0.123 e. The van der Waals surface area contributed by atoms with Gasteiger partial charge in [0, 0.05) is 23.0 Å². The lowest BCUT2D eigenvalue weighted by atomic mass is 10.2. The maximum atomic E-state index is 5.21. The van der Waals surface area contributed by atoms with E-state index in [0.29, 0.717) is 6.04 Å². The van der Waals surface area contributed by atoms with Gasteiger partial charge in [-0.3, -0.25) is 0 Å². The molecule has 1 atom stereocenters. The molecular formula is C17H24N2OS. The van der Waals surface area contributed by atoms with E-state index in [4.69, 9.17) is 9.72 Å². The van der Waals surface area contributed by atoms with Gasteiger partial charge in [0.15, 0.2) is 0 Å². The molecule has 0 fully saturated rings. The Morgan fingerprint density at radius 1 is 1.24 bits per heavy atom. The van der Waals surface area contributed by atoms with Gasteiger partial charge in [0.1, 0.15) is 10.8 Å². The van der Waals surface area contributed by atoms with Gasteiger partial charge in [0.25, 0.3) is 0 Å².